The van der Waals surface area contributed by atoms with E-state index in [0.717, 1.165) is 44.1 Å². The van der Waals surface area contributed by atoms with Crippen molar-refractivity contribution in [2.75, 3.05) is 31.5 Å². The minimum absolute atomic E-state index is 0.0217. The van der Waals surface area contributed by atoms with Gasteiger partial charge in [0.2, 0.25) is 11.8 Å². The molecule has 2 amide bonds. The average molecular weight is 365 g/mol. The third kappa shape index (κ3) is 5.01. The molecule has 0 aliphatic carbocycles. The normalized spacial score (nSPS) is 20.6. The van der Waals surface area contributed by atoms with Gasteiger partial charge in [-0.15, -0.1) is 11.3 Å². The Balaban J connectivity index is 1.46. The van der Waals surface area contributed by atoms with E-state index in [0.29, 0.717) is 18.2 Å². The quantitative estimate of drug-likeness (QED) is 0.892. The summed E-state index contributed by atoms with van der Waals surface area (Å²) in [5.41, 5.74) is 1.04. The van der Waals surface area contributed by atoms with E-state index in [1.165, 1.54) is 24.2 Å². The predicted molar refractivity (Wildman–Crippen MR) is 99.4 cm³/mol. The van der Waals surface area contributed by atoms with Gasteiger partial charge in [-0.25, -0.2) is 4.98 Å². The van der Waals surface area contributed by atoms with Gasteiger partial charge in [-0.2, -0.15) is 0 Å². The first-order chi connectivity index (χ1) is 12.0. The molecular weight excluding hydrogens is 336 g/mol. The van der Waals surface area contributed by atoms with Crippen LogP contribution in [0.4, 0.5) is 5.13 Å². The molecule has 138 valence electrons. The minimum atomic E-state index is -0.0217. The second-order valence-corrected chi connectivity index (χ2v) is 8.23. The van der Waals surface area contributed by atoms with E-state index in [-0.39, 0.29) is 17.7 Å². The number of carbonyl (C=O) groups excluding carboxylic acids is 2. The second kappa shape index (κ2) is 8.27. The van der Waals surface area contributed by atoms with Crippen LogP contribution in [0, 0.1) is 11.8 Å². The number of rotatable bonds is 4. The van der Waals surface area contributed by atoms with Crippen LogP contribution in [0.5, 0.6) is 0 Å². The fraction of sp³-hybridized carbons (Fsp3) is 0.722. The van der Waals surface area contributed by atoms with Gasteiger partial charge in [0.1, 0.15) is 0 Å². The van der Waals surface area contributed by atoms with Crippen LogP contribution >= 0.6 is 11.3 Å². The lowest BCUT2D eigenvalue weighted by Crippen LogP contribution is -2.40. The Hall–Kier alpha value is -1.47. The summed E-state index contributed by atoms with van der Waals surface area (Å²) in [6, 6.07) is 0. The molecule has 6 nitrogen and oxygen atoms in total. The van der Waals surface area contributed by atoms with Gasteiger partial charge in [-0.05, 0) is 44.7 Å². The number of amides is 2. The number of anilines is 1. The Morgan fingerprint density at radius 1 is 1.20 bits per heavy atom. The molecule has 0 atom stereocenters. The zero-order chi connectivity index (χ0) is 17.8. The molecular formula is C18H28N4O2S. The lowest BCUT2D eigenvalue weighted by Gasteiger charge is -2.30. The summed E-state index contributed by atoms with van der Waals surface area (Å²) in [5.74, 6) is 0.939. The Bertz CT molecular complexity index is 602. The number of likely N-dealkylation sites (tertiary alicyclic amines) is 2. The number of aromatic nitrogens is 1. The Kier molecular flexibility index (Phi) is 6.06. The van der Waals surface area contributed by atoms with Gasteiger partial charge in [-0.1, -0.05) is 6.92 Å². The van der Waals surface area contributed by atoms with E-state index in [9.17, 15) is 9.59 Å². The molecule has 1 aromatic heterocycles. The van der Waals surface area contributed by atoms with E-state index < -0.39 is 0 Å². The van der Waals surface area contributed by atoms with Crippen LogP contribution in [-0.2, 0) is 16.1 Å². The molecule has 0 saturated carbocycles. The van der Waals surface area contributed by atoms with Crippen LogP contribution in [-0.4, -0.2) is 52.8 Å². The topological polar surface area (TPSA) is 65.5 Å². The molecule has 2 aliphatic rings. The van der Waals surface area contributed by atoms with Gasteiger partial charge < -0.3 is 10.2 Å². The molecule has 2 saturated heterocycles. The Labute approximate surface area is 153 Å². The van der Waals surface area contributed by atoms with Crippen LogP contribution in [0.1, 0.15) is 45.2 Å². The van der Waals surface area contributed by atoms with Crippen LogP contribution in [0.3, 0.4) is 0 Å². The zero-order valence-electron chi connectivity index (χ0n) is 15.2. The van der Waals surface area contributed by atoms with Crippen LogP contribution in [0.15, 0.2) is 5.38 Å². The highest BCUT2D eigenvalue weighted by molar-refractivity contribution is 7.13. The fourth-order valence-corrected chi connectivity index (χ4v) is 4.25. The molecule has 1 aromatic rings. The van der Waals surface area contributed by atoms with E-state index in [1.807, 2.05) is 10.3 Å². The molecule has 3 rings (SSSR count). The molecule has 0 spiro atoms. The first-order valence-corrected chi connectivity index (χ1v) is 10.1. The molecule has 2 fully saturated rings. The number of carbonyl (C=O) groups is 2. The Morgan fingerprint density at radius 2 is 1.88 bits per heavy atom. The minimum Gasteiger partial charge on any atom is -0.343 e. The monoisotopic (exact) mass is 364 g/mol. The van der Waals surface area contributed by atoms with E-state index in [1.54, 1.807) is 6.92 Å². The molecule has 7 heteroatoms. The van der Waals surface area contributed by atoms with Crippen molar-refractivity contribution in [1.82, 2.24) is 14.8 Å². The SMILES string of the molecule is CC(=O)N1CCC(C(=O)Nc2nc(CN3CCC(C)CC3)cs2)CC1. The fourth-order valence-electron chi connectivity index (χ4n) is 3.55. The first-order valence-electron chi connectivity index (χ1n) is 9.24. The first kappa shape index (κ1) is 18.3. The molecule has 1 N–H and O–H groups in total. The summed E-state index contributed by atoms with van der Waals surface area (Å²) in [5, 5.41) is 5.71. The molecule has 0 unspecified atom stereocenters. The van der Waals surface area contributed by atoms with Gasteiger partial charge in [0.15, 0.2) is 5.13 Å². The molecule has 2 aliphatic heterocycles. The third-order valence-corrected chi connectivity index (χ3v) is 6.16. The summed E-state index contributed by atoms with van der Waals surface area (Å²) in [6.07, 6.45) is 3.98. The molecule has 0 radical (unpaired) electrons. The molecule has 0 bridgehead atoms. The van der Waals surface area contributed by atoms with Crippen molar-refractivity contribution in [3.05, 3.63) is 11.1 Å². The van der Waals surface area contributed by atoms with Crippen molar-refractivity contribution in [1.29, 1.82) is 0 Å². The number of hydrogen-bond donors (Lipinski definition) is 1. The maximum atomic E-state index is 12.4. The van der Waals surface area contributed by atoms with Crippen molar-refractivity contribution in [3.8, 4) is 0 Å². The van der Waals surface area contributed by atoms with E-state index in [2.05, 4.69) is 22.1 Å². The number of thiazole rings is 1. The van der Waals surface area contributed by atoms with Crippen LogP contribution in [0.2, 0.25) is 0 Å². The molecule has 3 heterocycles. The van der Waals surface area contributed by atoms with Gasteiger partial charge >= 0.3 is 0 Å². The number of nitrogens with zero attached hydrogens (tertiary/aromatic N) is 3. The lowest BCUT2D eigenvalue weighted by atomic mass is 9.96. The summed E-state index contributed by atoms with van der Waals surface area (Å²) >= 11 is 1.50. The summed E-state index contributed by atoms with van der Waals surface area (Å²) in [6.45, 7) is 8.38. The number of piperidine rings is 2. The third-order valence-electron chi connectivity index (χ3n) is 5.35. The average Bonchev–Trinajstić information content (AvgIpc) is 3.04. The van der Waals surface area contributed by atoms with Gasteiger partial charge in [-0.3, -0.25) is 14.5 Å². The smallest absolute Gasteiger partial charge is 0.229 e. The van der Waals surface area contributed by atoms with Crippen molar-refractivity contribution in [2.45, 2.75) is 46.1 Å². The van der Waals surface area contributed by atoms with Crippen LogP contribution in [0.25, 0.3) is 0 Å². The molecule has 25 heavy (non-hydrogen) atoms. The zero-order valence-corrected chi connectivity index (χ0v) is 16.0. The number of hydrogen-bond acceptors (Lipinski definition) is 5. The maximum absolute atomic E-state index is 12.4. The summed E-state index contributed by atoms with van der Waals surface area (Å²) in [4.78, 5) is 32.6. The number of nitrogens with one attached hydrogen (secondary N) is 1. The largest absolute Gasteiger partial charge is 0.343 e. The van der Waals surface area contributed by atoms with Crippen molar-refractivity contribution < 1.29 is 9.59 Å². The molecule has 0 aromatic carbocycles. The highest BCUT2D eigenvalue weighted by Crippen LogP contribution is 2.23. The lowest BCUT2D eigenvalue weighted by molar-refractivity contribution is -0.132. The van der Waals surface area contributed by atoms with Gasteiger partial charge in [0.05, 0.1) is 5.69 Å². The predicted octanol–water partition coefficient (Wildman–Crippen LogP) is 2.57. The highest BCUT2D eigenvalue weighted by Gasteiger charge is 2.26. The summed E-state index contributed by atoms with van der Waals surface area (Å²) < 4.78 is 0. The van der Waals surface area contributed by atoms with Crippen molar-refractivity contribution in [3.63, 3.8) is 0 Å². The standard InChI is InChI=1S/C18H28N4O2S/c1-13-3-7-21(8-4-13)11-16-12-25-18(19-16)20-17(24)15-5-9-22(10-6-15)14(2)23/h12-13,15H,3-11H2,1-2H3,(H,19,20,24). The van der Waals surface area contributed by atoms with Gasteiger partial charge in [0, 0.05) is 37.9 Å². The maximum Gasteiger partial charge on any atom is 0.229 e. The van der Waals surface area contributed by atoms with E-state index >= 15 is 0 Å². The van der Waals surface area contributed by atoms with Crippen molar-refractivity contribution >= 4 is 28.3 Å². The van der Waals surface area contributed by atoms with Gasteiger partial charge in [0.25, 0.3) is 0 Å². The van der Waals surface area contributed by atoms with E-state index in [4.69, 9.17) is 0 Å². The van der Waals surface area contributed by atoms with Crippen molar-refractivity contribution in [2.24, 2.45) is 11.8 Å². The van der Waals surface area contributed by atoms with Crippen LogP contribution < -0.4 is 5.32 Å². The summed E-state index contributed by atoms with van der Waals surface area (Å²) in [7, 11) is 0. The Morgan fingerprint density at radius 3 is 2.52 bits per heavy atom. The second-order valence-electron chi connectivity index (χ2n) is 7.37. The highest BCUT2D eigenvalue weighted by atomic mass is 32.1.